The van der Waals surface area contributed by atoms with Gasteiger partial charge >= 0.3 is 0 Å². The first-order valence-corrected chi connectivity index (χ1v) is 14.0. The third-order valence-electron chi connectivity index (χ3n) is 6.55. The van der Waals surface area contributed by atoms with Crippen LogP contribution in [0.2, 0.25) is 0 Å². The van der Waals surface area contributed by atoms with Crippen molar-refractivity contribution >= 4 is 21.6 Å². The van der Waals surface area contributed by atoms with E-state index in [4.69, 9.17) is 4.74 Å². The van der Waals surface area contributed by atoms with Crippen molar-refractivity contribution in [2.45, 2.75) is 64.3 Å². The van der Waals surface area contributed by atoms with Gasteiger partial charge in [0, 0.05) is 0 Å². The summed E-state index contributed by atoms with van der Waals surface area (Å²) < 4.78 is 34.0. The molecule has 0 saturated heterocycles. The zero-order valence-electron chi connectivity index (χ0n) is 22.8. The first-order chi connectivity index (χ1) is 17.4. The molecule has 198 valence electrons. The summed E-state index contributed by atoms with van der Waals surface area (Å²) >= 11 is 0. The fraction of sp³-hybridized carbons (Fsp3) is 0.367. The van der Waals surface area contributed by atoms with Crippen LogP contribution in [0, 0.1) is 6.92 Å². The topological polar surface area (TPSA) is 75.7 Å². The average molecular weight is 523 g/mol. The Labute approximate surface area is 221 Å². The van der Waals surface area contributed by atoms with Crippen molar-refractivity contribution < 1.29 is 17.9 Å². The maximum Gasteiger partial charge on any atom is 0.264 e. The second-order valence-electron chi connectivity index (χ2n) is 9.97. The number of hydrogen-bond donors (Lipinski definition) is 1. The molecule has 0 bridgehead atoms. The highest BCUT2D eigenvalue weighted by Crippen LogP contribution is 2.32. The maximum atomic E-state index is 13.6. The number of carbonyl (C=O) groups excluding carboxylic acids is 1. The first-order valence-electron chi connectivity index (χ1n) is 12.6. The summed E-state index contributed by atoms with van der Waals surface area (Å²) in [5, 5.41) is 3.01. The van der Waals surface area contributed by atoms with Gasteiger partial charge in [-0.05, 0) is 84.3 Å². The number of aryl methyl sites for hydroxylation is 1. The summed E-state index contributed by atoms with van der Waals surface area (Å²) in [6.07, 6.45) is 0. The third kappa shape index (κ3) is 6.52. The molecule has 0 aliphatic heterocycles. The van der Waals surface area contributed by atoms with Crippen LogP contribution in [0.1, 0.15) is 74.8 Å². The minimum Gasteiger partial charge on any atom is -0.496 e. The Kier molecular flexibility index (Phi) is 9.02. The van der Waals surface area contributed by atoms with Gasteiger partial charge in [-0.25, -0.2) is 8.42 Å². The van der Waals surface area contributed by atoms with Gasteiger partial charge in [-0.15, -0.1) is 0 Å². The molecule has 37 heavy (non-hydrogen) atoms. The molecular weight excluding hydrogens is 484 g/mol. The average Bonchev–Trinajstić information content (AvgIpc) is 2.87. The summed E-state index contributed by atoms with van der Waals surface area (Å²) in [6.45, 7) is 11.9. The van der Waals surface area contributed by atoms with Gasteiger partial charge in [0.1, 0.15) is 12.3 Å². The van der Waals surface area contributed by atoms with Crippen LogP contribution in [0.4, 0.5) is 5.69 Å². The molecule has 0 aromatic heterocycles. The number of nitrogens with one attached hydrogen (secondary N) is 1. The largest absolute Gasteiger partial charge is 0.496 e. The number of hydrogen-bond acceptors (Lipinski definition) is 4. The molecule has 0 unspecified atom stereocenters. The Balaban J connectivity index is 1.92. The summed E-state index contributed by atoms with van der Waals surface area (Å²) in [5.41, 5.74) is 4.56. The summed E-state index contributed by atoms with van der Waals surface area (Å²) in [6, 6.07) is 19.2. The molecule has 7 heteroatoms. The van der Waals surface area contributed by atoms with Crippen LogP contribution in [0.25, 0.3) is 0 Å². The van der Waals surface area contributed by atoms with Gasteiger partial charge in [-0.1, -0.05) is 58.0 Å². The zero-order valence-corrected chi connectivity index (χ0v) is 23.6. The molecule has 1 atom stereocenters. The standard InChI is InChI=1S/C30H38N2O4S/c1-20(2)24-13-15-25(16-14-24)32(37(34,35)26-11-9-8-10-12-26)19-30(33)31-23(6)28-18-27(21(3)4)29(36-7)17-22(28)5/h8-18,20-21,23H,19H2,1-7H3,(H,31,33)/t23-/m1/s1. The van der Waals surface area contributed by atoms with Crippen LogP contribution in [0.5, 0.6) is 5.75 Å². The lowest BCUT2D eigenvalue weighted by Crippen LogP contribution is -2.41. The van der Waals surface area contributed by atoms with Gasteiger partial charge in [-0.3, -0.25) is 9.10 Å². The van der Waals surface area contributed by atoms with E-state index in [0.717, 1.165) is 28.0 Å². The van der Waals surface area contributed by atoms with Crippen molar-refractivity contribution in [2.75, 3.05) is 18.0 Å². The molecular formula is C30H38N2O4S. The molecule has 3 aromatic rings. The van der Waals surface area contributed by atoms with Crippen LogP contribution >= 0.6 is 0 Å². The Morgan fingerprint density at radius 2 is 1.51 bits per heavy atom. The fourth-order valence-electron chi connectivity index (χ4n) is 4.37. The van der Waals surface area contributed by atoms with Crippen molar-refractivity contribution in [1.82, 2.24) is 5.32 Å². The first kappa shape index (κ1) is 28.3. The second kappa shape index (κ2) is 11.8. The van der Waals surface area contributed by atoms with Crippen molar-refractivity contribution in [2.24, 2.45) is 0 Å². The van der Waals surface area contributed by atoms with E-state index in [2.05, 4.69) is 39.1 Å². The number of carbonyl (C=O) groups is 1. The summed E-state index contributed by atoms with van der Waals surface area (Å²) in [7, 11) is -2.31. The highest BCUT2D eigenvalue weighted by Gasteiger charge is 2.28. The Morgan fingerprint density at radius 3 is 2.05 bits per heavy atom. The number of nitrogens with zero attached hydrogens (tertiary/aromatic N) is 1. The van der Waals surface area contributed by atoms with Crippen LogP contribution < -0.4 is 14.4 Å². The van der Waals surface area contributed by atoms with Crippen molar-refractivity contribution in [1.29, 1.82) is 0 Å². The van der Waals surface area contributed by atoms with E-state index < -0.39 is 10.0 Å². The number of benzene rings is 3. The highest BCUT2D eigenvalue weighted by atomic mass is 32.2. The number of methoxy groups -OCH3 is 1. The zero-order chi connectivity index (χ0) is 27.3. The van der Waals surface area contributed by atoms with Crippen LogP contribution in [-0.2, 0) is 14.8 Å². The Hall–Kier alpha value is -3.32. The minimum atomic E-state index is -3.96. The van der Waals surface area contributed by atoms with Gasteiger partial charge < -0.3 is 10.1 Å². The van der Waals surface area contributed by atoms with Crippen molar-refractivity contribution in [3.8, 4) is 5.75 Å². The van der Waals surface area contributed by atoms with Crippen molar-refractivity contribution in [3.05, 3.63) is 89.0 Å². The monoisotopic (exact) mass is 522 g/mol. The Morgan fingerprint density at radius 1 is 0.892 bits per heavy atom. The predicted molar refractivity (Wildman–Crippen MR) is 150 cm³/mol. The lowest BCUT2D eigenvalue weighted by Gasteiger charge is -2.26. The van der Waals surface area contributed by atoms with Gasteiger partial charge in [0.25, 0.3) is 10.0 Å². The van der Waals surface area contributed by atoms with E-state index >= 15 is 0 Å². The second-order valence-corrected chi connectivity index (χ2v) is 11.8. The lowest BCUT2D eigenvalue weighted by atomic mass is 9.93. The molecule has 0 saturated carbocycles. The number of ether oxygens (including phenoxy) is 1. The van der Waals surface area contributed by atoms with E-state index in [1.54, 1.807) is 49.6 Å². The molecule has 0 aliphatic rings. The quantitative estimate of drug-likeness (QED) is 0.338. The van der Waals surface area contributed by atoms with E-state index in [9.17, 15) is 13.2 Å². The molecule has 0 spiro atoms. The molecule has 1 amide bonds. The number of anilines is 1. The SMILES string of the molecule is COc1cc(C)c([C@@H](C)NC(=O)CN(c2ccc(C(C)C)cc2)S(=O)(=O)c2ccccc2)cc1C(C)C. The molecule has 3 aromatic carbocycles. The number of sulfonamides is 1. The number of amides is 1. The van der Waals surface area contributed by atoms with Gasteiger partial charge in [0.05, 0.1) is 23.7 Å². The Bertz CT molecular complexity index is 1320. The molecule has 0 fully saturated rings. The third-order valence-corrected chi connectivity index (χ3v) is 8.34. The van der Waals surface area contributed by atoms with Crippen molar-refractivity contribution in [3.63, 3.8) is 0 Å². The number of rotatable bonds is 10. The molecule has 6 nitrogen and oxygen atoms in total. The molecule has 3 rings (SSSR count). The molecule has 0 radical (unpaired) electrons. The smallest absolute Gasteiger partial charge is 0.264 e. The normalized spacial score (nSPS) is 12.5. The van der Waals surface area contributed by atoms with Gasteiger partial charge in [0.2, 0.25) is 5.91 Å². The maximum absolute atomic E-state index is 13.6. The van der Waals surface area contributed by atoms with Gasteiger partial charge in [0.15, 0.2) is 0 Å². The lowest BCUT2D eigenvalue weighted by molar-refractivity contribution is -0.120. The highest BCUT2D eigenvalue weighted by molar-refractivity contribution is 7.92. The van der Waals surface area contributed by atoms with Gasteiger partial charge in [-0.2, -0.15) is 0 Å². The fourth-order valence-corrected chi connectivity index (χ4v) is 5.81. The van der Waals surface area contributed by atoms with Crippen LogP contribution in [0.15, 0.2) is 71.6 Å². The van der Waals surface area contributed by atoms with E-state index in [1.807, 2.05) is 32.0 Å². The van der Waals surface area contributed by atoms with Crippen LogP contribution in [0.3, 0.4) is 0 Å². The molecule has 0 aliphatic carbocycles. The minimum absolute atomic E-state index is 0.136. The van der Waals surface area contributed by atoms with Crippen LogP contribution in [-0.4, -0.2) is 28.0 Å². The molecule has 1 N–H and O–H groups in total. The molecule has 0 heterocycles. The summed E-state index contributed by atoms with van der Waals surface area (Å²) in [5.74, 6) is 0.986. The predicted octanol–water partition coefficient (Wildman–Crippen LogP) is 6.32. The summed E-state index contributed by atoms with van der Waals surface area (Å²) in [4.78, 5) is 13.4. The van der Waals surface area contributed by atoms with E-state index in [1.165, 1.54) is 4.31 Å². The van der Waals surface area contributed by atoms with E-state index in [-0.39, 0.29) is 29.3 Å². The van der Waals surface area contributed by atoms with E-state index in [0.29, 0.717) is 11.6 Å².